The van der Waals surface area contributed by atoms with Crippen molar-refractivity contribution >= 4 is 27.5 Å². The van der Waals surface area contributed by atoms with Crippen molar-refractivity contribution in [3.63, 3.8) is 0 Å². The van der Waals surface area contributed by atoms with Gasteiger partial charge in [-0.3, -0.25) is 4.79 Å². The fraction of sp³-hybridized carbons (Fsp3) is 0.316. The van der Waals surface area contributed by atoms with Crippen LogP contribution in [0.2, 0.25) is 0 Å². The number of likely N-dealkylation sites (N-methyl/N-ethyl adjacent to an activating group) is 1. The zero-order valence-corrected chi connectivity index (χ0v) is 15.9. The average Bonchev–Trinajstić information content (AvgIpc) is 2.53. The minimum absolute atomic E-state index is 0.0218. The van der Waals surface area contributed by atoms with E-state index in [2.05, 4.69) is 21.2 Å². The molecule has 1 amide bonds. The van der Waals surface area contributed by atoms with Crippen LogP contribution in [0.1, 0.15) is 11.1 Å². The van der Waals surface area contributed by atoms with Crippen molar-refractivity contribution in [2.75, 3.05) is 32.1 Å². The van der Waals surface area contributed by atoms with Crippen LogP contribution in [0.25, 0.3) is 0 Å². The van der Waals surface area contributed by atoms with Crippen molar-refractivity contribution in [3.05, 3.63) is 58.1 Å². The summed E-state index contributed by atoms with van der Waals surface area (Å²) in [4.78, 5) is 13.3. The third kappa shape index (κ3) is 5.65. The minimum Gasteiger partial charge on any atom is -0.488 e. The molecule has 0 saturated carbocycles. The highest BCUT2D eigenvalue weighted by Crippen LogP contribution is 2.19. The molecule has 2 aromatic rings. The molecule has 2 aromatic carbocycles. The fourth-order valence-corrected chi connectivity index (χ4v) is 2.70. The Morgan fingerprint density at radius 2 is 1.75 bits per heavy atom. The second-order valence-electron chi connectivity index (χ2n) is 6.00. The quantitative estimate of drug-likeness (QED) is 0.761. The van der Waals surface area contributed by atoms with Gasteiger partial charge in [0, 0.05) is 10.2 Å². The van der Waals surface area contributed by atoms with Crippen LogP contribution in [0.4, 0.5) is 5.69 Å². The van der Waals surface area contributed by atoms with E-state index < -0.39 is 0 Å². The highest BCUT2D eigenvalue weighted by molar-refractivity contribution is 9.10. The molecule has 0 saturated heterocycles. The Bertz CT molecular complexity index is 666. The van der Waals surface area contributed by atoms with Crippen molar-refractivity contribution < 1.29 is 14.4 Å². The lowest BCUT2D eigenvalue weighted by Crippen LogP contribution is -3.10. The largest absolute Gasteiger partial charge is 0.488 e. The summed E-state index contributed by atoms with van der Waals surface area (Å²) in [7, 11) is 2.00. The summed E-state index contributed by atoms with van der Waals surface area (Å²) in [6.45, 7) is 5.76. The first kappa shape index (κ1) is 18.5. The van der Waals surface area contributed by atoms with Gasteiger partial charge in [-0.05, 0) is 49.2 Å². The molecule has 0 radical (unpaired) electrons. The molecule has 5 heteroatoms. The number of nitrogens with one attached hydrogen (secondary N) is 2. The number of rotatable bonds is 7. The predicted octanol–water partition coefficient (Wildman–Crippen LogP) is 2.60. The number of anilines is 1. The molecule has 0 aliphatic carbocycles. The van der Waals surface area contributed by atoms with Crippen LogP contribution in [-0.4, -0.2) is 32.7 Å². The smallest absolute Gasteiger partial charge is 0.279 e. The SMILES string of the molecule is Cc1cccc(C)c1NC(=O)C[NH+](C)CCOc1ccc(Br)cc1. The maximum absolute atomic E-state index is 12.2. The summed E-state index contributed by atoms with van der Waals surface area (Å²) in [5.41, 5.74) is 3.08. The summed E-state index contributed by atoms with van der Waals surface area (Å²) < 4.78 is 6.72. The first-order valence-corrected chi connectivity index (χ1v) is 8.80. The van der Waals surface area contributed by atoms with Crippen LogP contribution in [0, 0.1) is 13.8 Å². The van der Waals surface area contributed by atoms with Gasteiger partial charge in [0.1, 0.15) is 18.9 Å². The highest BCUT2D eigenvalue weighted by atomic mass is 79.9. The number of amides is 1. The molecule has 0 fully saturated rings. The second-order valence-corrected chi connectivity index (χ2v) is 6.92. The average molecular weight is 392 g/mol. The van der Waals surface area contributed by atoms with E-state index >= 15 is 0 Å². The van der Waals surface area contributed by atoms with Crippen LogP contribution >= 0.6 is 15.9 Å². The van der Waals surface area contributed by atoms with E-state index in [0.717, 1.165) is 38.5 Å². The topological polar surface area (TPSA) is 42.8 Å². The van der Waals surface area contributed by atoms with Gasteiger partial charge < -0.3 is 15.0 Å². The van der Waals surface area contributed by atoms with Gasteiger partial charge >= 0.3 is 0 Å². The lowest BCUT2D eigenvalue weighted by Gasteiger charge is -2.16. The highest BCUT2D eigenvalue weighted by Gasteiger charge is 2.12. The standard InChI is InChI=1S/C19H23BrN2O2/c1-14-5-4-6-15(2)19(14)21-18(23)13-22(3)11-12-24-17-9-7-16(20)8-10-17/h4-10H,11-13H2,1-3H3,(H,21,23)/p+1. The minimum atomic E-state index is 0.0218. The van der Waals surface area contributed by atoms with E-state index in [1.54, 1.807) is 0 Å². The number of hydrogen-bond acceptors (Lipinski definition) is 2. The Morgan fingerprint density at radius 3 is 2.38 bits per heavy atom. The molecule has 1 unspecified atom stereocenters. The summed E-state index contributed by atoms with van der Waals surface area (Å²) in [6.07, 6.45) is 0. The number of halogens is 1. The molecular formula is C19H24BrN2O2+. The molecule has 1 atom stereocenters. The second kappa shape index (κ2) is 8.85. The van der Waals surface area contributed by atoms with E-state index in [-0.39, 0.29) is 5.91 Å². The van der Waals surface area contributed by atoms with Gasteiger partial charge in [-0.2, -0.15) is 0 Å². The fourth-order valence-electron chi connectivity index (χ4n) is 2.43. The van der Waals surface area contributed by atoms with E-state index in [4.69, 9.17) is 4.74 Å². The number of benzene rings is 2. The number of carbonyl (C=O) groups is 1. The lowest BCUT2D eigenvalue weighted by molar-refractivity contribution is -0.871. The first-order chi connectivity index (χ1) is 11.5. The summed E-state index contributed by atoms with van der Waals surface area (Å²) >= 11 is 3.40. The molecule has 0 aliphatic heterocycles. The Kier molecular flexibility index (Phi) is 6.82. The lowest BCUT2D eigenvalue weighted by atomic mass is 10.1. The Hall–Kier alpha value is -1.85. The zero-order chi connectivity index (χ0) is 17.5. The van der Waals surface area contributed by atoms with E-state index in [9.17, 15) is 4.79 Å². The molecule has 0 aliphatic rings. The maximum atomic E-state index is 12.2. The summed E-state index contributed by atoms with van der Waals surface area (Å²) in [5, 5.41) is 3.02. The number of para-hydroxylation sites is 1. The van der Waals surface area contributed by atoms with Gasteiger partial charge in [-0.1, -0.05) is 34.1 Å². The van der Waals surface area contributed by atoms with Crippen molar-refractivity contribution in [2.45, 2.75) is 13.8 Å². The third-order valence-corrected chi connectivity index (χ3v) is 4.35. The van der Waals surface area contributed by atoms with E-state index in [1.807, 2.05) is 63.4 Å². The molecule has 0 aromatic heterocycles. The van der Waals surface area contributed by atoms with Crippen molar-refractivity contribution in [2.24, 2.45) is 0 Å². The van der Waals surface area contributed by atoms with Crippen molar-refractivity contribution in [3.8, 4) is 5.75 Å². The van der Waals surface area contributed by atoms with Gasteiger partial charge in [0.05, 0.1) is 7.05 Å². The first-order valence-electron chi connectivity index (χ1n) is 8.01. The van der Waals surface area contributed by atoms with Crippen LogP contribution < -0.4 is 15.0 Å². The maximum Gasteiger partial charge on any atom is 0.279 e. The molecule has 0 heterocycles. The molecule has 4 nitrogen and oxygen atoms in total. The summed E-state index contributed by atoms with van der Waals surface area (Å²) in [6, 6.07) is 13.8. The van der Waals surface area contributed by atoms with Gasteiger partial charge in [0.15, 0.2) is 6.54 Å². The van der Waals surface area contributed by atoms with E-state index in [0.29, 0.717) is 13.2 Å². The Morgan fingerprint density at radius 1 is 1.12 bits per heavy atom. The van der Waals surface area contributed by atoms with Gasteiger partial charge in [0.2, 0.25) is 0 Å². The van der Waals surface area contributed by atoms with Crippen LogP contribution in [0.15, 0.2) is 46.9 Å². The molecule has 128 valence electrons. The molecular weight excluding hydrogens is 368 g/mol. The summed E-state index contributed by atoms with van der Waals surface area (Å²) in [5.74, 6) is 0.861. The number of ether oxygens (including phenoxy) is 1. The van der Waals surface area contributed by atoms with Crippen molar-refractivity contribution in [1.29, 1.82) is 0 Å². The monoisotopic (exact) mass is 391 g/mol. The number of hydrogen-bond donors (Lipinski definition) is 2. The zero-order valence-electron chi connectivity index (χ0n) is 14.4. The van der Waals surface area contributed by atoms with Gasteiger partial charge in [-0.15, -0.1) is 0 Å². The molecule has 2 N–H and O–H groups in total. The normalized spacial score (nSPS) is 11.8. The number of aryl methyl sites for hydroxylation is 2. The number of carbonyl (C=O) groups excluding carboxylic acids is 1. The van der Waals surface area contributed by atoms with Crippen LogP contribution in [0.5, 0.6) is 5.75 Å². The van der Waals surface area contributed by atoms with Crippen molar-refractivity contribution in [1.82, 2.24) is 0 Å². The molecule has 24 heavy (non-hydrogen) atoms. The van der Waals surface area contributed by atoms with Crippen LogP contribution in [0.3, 0.4) is 0 Å². The van der Waals surface area contributed by atoms with E-state index in [1.165, 1.54) is 0 Å². The third-order valence-electron chi connectivity index (χ3n) is 3.82. The molecule has 0 spiro atoms. The number of quaternary nitrogens is 1. The molecule has 0 bridgehead atoms. The Labute approximate surface area is 151 Å². The van der Waals surface area contributed by atoms with Gasteiger partial charge in [-0.25, -0.2) is 0 Å². The van der Waals surface area contributed by atoms with Crippen LogP contribution in [-0.2, 0) is 4.79 Å². The van der Waals surface area contributed by atoms with Gasteiger partial charge in [0.25, 0.3) is 5.91 Å². The Balaban J connectivity index is 1.76. The predicted molar refractivity (Wildman–Crippen MR) is 101 cm³/mol. The molecule has 2 rings (SSSR count).